The number of aromatic carboxylic acids is 1. The van der Waals surface area contributed by atoms with Crippen LogP contribution in [-0.2, 0) is 9.63 Å². The lowest BCUT2D eigenvalue weighted by Crippen LogP contribution is -2.14. The number of rotatable bonds is 7. The second-order valence-corrected chi connectivity index (χ2v) is 5.76. The number of hydrogen-bond donors (Lipinski definition) is 3. The lowest BCUT2D eigenvalue weighted by atomic mass is 10.2. The van der Waals surface area contributed by atoms with E-state index in [0.29, 0.717) is 5.75 Å². The number of nitrogens with two attached hydrogens (primary N) is 1. The van der Waals surface area contributed by atoms with Gasteiger partial charge in [0, 0.05) is 10.6 Å². The van der Waals surface area contributed by atoms with Crippen LogP contribution in [0.2, 0.25) is 0 Å². The van der Waals surface area contributed by atoms with E-state index in [1.807, 2.05) is 0 Å². The Kier molecular flexibility index (Phi) is 16.1. The SMILES string of the molecule is CCC.NC(=O)CSCCO[N+](=O)[O-].O=C(O)c1ccc(S)cc1. The van der Waals surface area contributed by atoms with Crippen LogP contribution in [0, 0.1) is 10.1 Å². The minimum absolute atomic E-state index is 0.00898. The van der Waals surface area contributed by atoms with E-state index in [4.69, 9.17) is 10.8 Å². The molecule has 0 aliphatic carbocycles. The zero-order valence-corrected chi connectivity index (χ0v) is 15.2. The fourth-order valence-electron chi connectivity index (χ4n) is 0.947. The Labute approximate surface area is 150 Å². The van der Waals surface area contributed by atoms with E-state index in [9.17, 15) is 19.7 Å². The van der Waals surface area contributed by atoms with Crippen LogP contribution in [0.1, 0.15) is 30.6 Å². The summed E-state index contributed by atoms with van der Waals surface area (Å²) in [4.78, 5) is 34.7. The number of carbonyl (C=O) groups excluding carboxylic acids is 1. The monoisotopic (exact) mass is 378 g/mol. The molecule has 0 aliphatic rings. The van der Waals surface area contributed by atoms with Gasteiger partial charge in [-0.25, -0.2) is 4.79 Å². The van der Waals surface area contributed by atoms with Gasteiger partial charge < -0.3 is 15.7 Å². The first-order chi connectivity index (χ1) is 11.2. The van der Waals surface area contributed by atoms with Gasteiger partial charge in [-0.3, -0.25) is 4.79 Å². The van der Waals surface area contributed by atoms with Gasteiger partial charge in [-0.15, -0.1) is 22.7 Å². The molecule has 0 fully saturated rings. The molecular formula is C14H22N2O6S2. The Morgan fingerprint density at radius 1 is 1.33 bits per heavy atom. The van der Waals surface area contributed by atoms with E-state index >= 15 is 0 Å². The maximum atomic E-state index is 10.3. The van der Waals surface area contributed by atoms with Crippen LogP contribution in [0.15, 0.2) is 29.2 Å². The molecule has 24 heavy (non-hydrogen) atoms. The van der Waals surface area contributed by atoms with Gasteiger partial charge in [0.25, 0.3) is 5.09 Å². The Morgan fingerprint density at radius 2 is 1.83 bits per heavy atom. The number of primary amides is 1. The van der Waals surface area contributed by atoms with Crippen molar-refractivity contribution in [3.8, 4) is 0 Å². The van der Waals surface area contributed by atoms with E-state index in [0.717, 1.165) is 4.90 Å². The molecule has 0 unspecified atom stereocenters. The number of benzene rings is 1. The van der Waals surface area contributed by atoms with Gasteiger partial charge in [0.15, 0.2) is 0 Å². The highest BCUT2D eigenvalue weighted by atomic mass is 32.2. The largest absolute Gasteiger partial charge is 0.478 e. The van der Waals surface area contributed by atoms with E-state index < -0.39 is 17.0 Å². The quantitative estimate of drug-likeness (QED) is 0.287. The summed E-state index contributed by atoms with van der Waals surface area (Å²) in [7, 11) is 0. The Bertz CT molecular complexity index is 481. The molecule has 0 saturated carbocycles. The summed E-state index contributed by atoms with van der Waals surface area (Å²) in [6.07, 6.45) is 1.25. The number of carboxylic acid groups (broad SMARTS) is 1. The van der Waals surface area contributed by atoms with Crippen molar-refractivity contribution in [3.63, 3.8) is 0 Å². The van der Waals surface area contributed by atoms with Gasteiger partial charge >= 0.3 is 5.97 Å². The highest BCUT2D eigenvalue weighted by Crippen LogP contribution is 2.06. The van der Waals surface area contributed by atoms with Gasteiger partial charge in [-0.05, 0) is 24.3 Å². The van der Waals surface area contributed by atoms with Crippen LogP contribution in [0.25, 0.3) is 0 Å². The van der Waals surface area contributed by atoms with Crippen molar-refractivity contribution >= 4 is 36.3 Å². The fraction of sp³-hybridized carbons (Fsp3) is 0.429. The predicted molar refractivity (Wildman–Crippen MR) is 96.1 cm³/mol. The smallest absolute Gasteiger partial charge is 0.335 e. The van der Waals surface area contributed by atoms with Crippen LogP contribution in [0.4, 0.5) is 0 Å². The summed E-state index contributed by atoms with van der Waals surface area (Å²) in [6.45, 7) is 4.24. The molecule has 0 aliphatic heterocycles. The third kappa shape index (κ3) is 18.1. The number of carbonyl (C=O) groups is 2. The molecule has 1 rings (SSSR count). The Balaban J connectivity index is 0. The van der Waals surface area contributed by atoms with Crippen LogP contribution in [0.3, 0.4) is 0 Å². The molecule has 136 valence electrons. The van der Waals surface area contributed by atoms with E-state index in [-0.39, 0.29) is 17.9 Å². The number of thiol groups is 1. The zero-order chi connectivity index (χ0) is 19.0. The summed E-state index contributed by atoms with van der Waals surface area (Å²) < 4.78 is 0. The van der Waals surface area contributed by atoms with E-state index in [1.54, 1.807) is 12.1 Å². The molecule has 3 N–H and O–H groups in total. The molecule has 0 saturated heterocycles. The molecule has 0 bridgehead atoms. The summed E-state index contributed by atoms with van der Waals surface area (Å²) in [6, 6.07) is 6.33. The van der Waals surface area contributed by atoms with Gasteiger partial charge in [-0.1, -0.05) is 20.3 Å². The number of amides is 1. The Morgan fingerprint density at radius 3 is 2.21 bits per heavy atom. The average Bonchev–Trinajstić information content (AvgIpc) is 2.48. The molecule has 1 aromatic carbocycles. The van der Waals surface area contributed by atoms with Gasteiger partial charge in [0.05, 0.1) is 11.3 Å². The standard InChI is InChI=1S/C7H6O2S.C4H8N2O4S.C3H8/c8-7(9)5-1-3-6(10)4-2-5;5-4(7)3-11-2-1-10-6(8)9;1-3-2/h1-4,10H,(H,8,9);1-3H2,(H2,5,7);3H2,1-2H3. The van der Waals surface area contributed by atoms with Gasteiger partial charge in [0.2, 0.25) is 5.91 Å². The maximum absolute atomic E-state index is 10.3. The third-order valence-corrected chi connectivity index (χ3v) is 3.03. The molecule has 10 heteroatoms. The summed E-state index contributed by atoms with van der Waals surface area (Å²) in [5.41, 5.74) is 5.09. The lowest BCUT2D eigenvalue weighted by molar-refractivity contribution is -0.756. The molecule has 0 spiro atoms. The number of carboxylic acids is 1. The van der Waals surface area contributed by atoms with Crippen molar-refractivity contribution in [3.05, 3.63) is 39.9 Å². The molecule has 0 atom stereocenters. The highest BCUT2D eigenvalue weighted by Gasteiger charge is 1.99. The van der Waals surface area contributed by atoms with Crippen molar-refractivity contribution in [1.29, 1.82) is 0 Å². The molecule has 0 heterocycles. The van der Waals surface area contributed by atoms with E-state index in [2.05, 4.69) is 31.3 Å². The van der Waals surface area contributed by atoms with Gasteiger partial charge in [0.1, 0.15) is 6.61 Å². The first-order valence-corrected chi connectivity index (χ1v) is 8.50. The average molecular weight is 378 g/mol. The van der Waals surface area contributed by atoms with Crippen LogP contribution < -0.4 is 5.73 Å². The number of nitrogens with zero attached hydrogens (tertiary/aromatic N) is 1. The minimum Gasteiger partial charge on any atom is -0.478 e. The lowest BCUT2D eigenvalue weighted by Gasteiger charge is -1.96. The van der Waals surface area contributed by atoms with Crippen LogP contribution in [-0.4, -0.2) is 40.2 Å². The maximum Gasteiger partial charge on any atom is 0.335 e. The van der Waals surface area contributed by atoms with Crippen molar-refractivity contribution in [2.75, 3.05) is 18.1 Å². The minimum atomic E-state index is -0.909. The zero-order valence-electron chi connectivity index (χ0n) is 13.5. The molecular weight excluding hydrogens is 356 g/mol. The molecule has 1 amide bonds. The predicted octanol–water partition coefficient (Wildman–Crippen LogP) is 2.50. The topological polar surface area (TPSA) is 133 Å². The van der Waals surface area contributed by atoms with Crippen molar-refractivity contribution in [1.82, 2.24) is 0 Å². The molecule has 0 aromatic heterocycles. The number of thioether (sulfide) groups is 1. The summed E-state index contributed by atoms with van der Waals surface area (Å²) in [5, 5.41) is 17.2. The molecule has 1 aromatic rings. The molecule has 8 nitrogen and oxygen atoms in total. The fourth-order valence-corrected chi connectivity index (χ4v) is 1.63. The first kappa shape index (κ1) is 24.3. The van der Waals surface area contributed by atoms with Gasteiger partial charge in [-0.2, -0.15) is 11.8 Å². The third-order valence-electron chi connectivity index (χ3n) is 1.78. The van der Waals surface area contributed by atoms with Crippen LogP contribution in [0.5, 0.6) is 0 Å². The molecule has 0 radical (unpaired) electrons. The van der Waals surface area contributed by atoms with Crippen molar-refractivity contribution < 1.29 is 24.6 Å². The van der Waals surface area contributed by atoms with Crippen molar-refractivity contribution in [2.45, 2.75) is 25.2 Å². The number of hydrogen-bond acceptors (Lipinski definition) is 7. The first-order valence-electron chi connectivity index (χ1n) is 6.90. The second-order valence-electron chi connectivity index (χ2n) is 4.13. The summed E-state index contributed by atoms with van der Waals surface area (Å²) >= 11 is 5.21. The normalized spacial score (nSPS) is 8.79. The summed E-state index contributed by atoms with van der Waals surface area (Å²) in [5.74, 6) is -0.783. The highest BCUT2D eigenvalue weighted by molar-refractivity contribution is 7.99. The van der Waals surface area contributed by atoms with Crippen LogP contribution >= 0.6 is 24.4 Å². The Hall–Kier alpha value is -1.94. The van der Waals surface area contributed by atoms with Crippen molar-refractivity contribution in [2.24, 2.45) is 5.73 Å². The second kappa shape index (κ2) is 15.9. The van der Waals surface area contributed by atoms with E-state index in [1.165, 1.54) is 30.3 Å².